The van der Waals surface area contributed by atoms with Crippen molar-refractivity contribution in [2.24, 2.45) is 5.92 Å². The minimum Gasteiger partial charge on any atom is -0.496 e. The van der Waals surface area contributed by atoms with E-state index in [9.17, 15) is 4.79 Å². The molecule has 1 atom stereocenters. The van der Waals surface area contributed by atoms with Crippen LogP contribution in [-0.4, -0.2) is 23.4 Å². The highest BCUT2D eigenvalue weighted by molar-refractivity contribution is 6.09. The van der Waals surface area contributed by atoms with Crippen molar-refractivity contribution >= 4 is 11.5 Å². The summed E-state index contributed by atoms with van der Waals surface area (Å²) in [4.78, 5) is 14.1. The van der Waals surface area contributed by atoms with Gasteiger partial charge in [-0.2, -0.15) is 4.79 Å². The maximum absolute atomic E-state index is 11.0. The van der Waals surface area contributed by atoms with Crippen molar-refractivity contribution in [3.63, 3.8) is 0 Å². The first-order chi connectivity index (χ1) is 6.19. The van der Waals surface area contributed by atoms with Crippen LogP contribution in [0.2, 0.25) is 0 Å². The van der Waals surface area contributed by atoms with E-state index >= 15 is 0 Å². The Labute approximate surface area is 76.1 Å². The number of carbonyl (C=O) groups excluding carboxylic acids is 1. The molecule has 0 aromatic heterocycles. The molecule has 0 aromatic rings. The molecule has 1 aliphatic carbocycles. The first kappa shape index (κ1) is 9.42. The van der Waals surface area contributed by atoms with E-state index in [-0.39, 0.29) is 5.78 Å². The van der Waals surface area contributed by atoms with Crippen LogP contribution in [0.5, 0.6) is 0 Å². The molecular weight excluding hydrogens is 168 g/mol. The SMILES string of the molecule is COC1=CC(=[N+]=[N-])C(C(C)=O)C=C1. The molecule has 0 radical (unpaired) electrons. The summed E-state index contributed by atoms with van der Waals surface area (Å²) >= 11 is 0. The summed E-state index contributed by atoms with van der Waals surface area (Å²) in [7, 11) is 1.51. The van der Waals surface area contributed by atoms with Gasteiger partial charge < -0.3 is 10.3 Å². The number of ketones is 1. The molecule has 0 saturated carbocycles. The zero-order valence-electron chi connectivity index (χ0n) is 7.52. The van der Waals surface area contributed by atoms with Crippen molar-refractivity contribution in [3.05, 3.63) is 29.5 Å². The minimum absolute atomic E-state index is 0.0598. The van der Waals surface area contributed by atoms with E-state index in [0.29, 0.717) is 11.5 Å². The topological polar surface area (TPSA) is 62.7 Å². The highest BCUT2D eigenvalue weighted by Gasteiger charge is 2.26. The fourth-order valence-electron chi connectivity index (χ4n) is 1.14. The maximum atomic E-state index is 11.0. The highest BCUT2D eigenvalue weighted by atomic mass is 16.5. The molecule has 0 spiro atoms. The maximum Gasteiger partial charge on any atom is 0.309 e. The number of hydrogen-bond acceptors (Lipinski definition) is 2. The molecule has 0 bridgehead atoms. The lowest BCUT2D eigenvalue weighted by Crippen LogP contribution is -2.21. The number of ether oxygens (including phenoxy) is 1. The van der Waals surface area contributed by atoms with Gasteiger partial charge in [0.15, 0.2) is 0 Å². The van der Waals surface area contributed by atoms with Crippen molar-refractivity contribution < 1.29 is 14.3 Å². The highest BCUT2D eigenvalue weighted by Crippen LogP contribution is 2.14. The number of hydrogen-bond donors (Lipinski definition) is 0. The summed E-state index contributed by atoms with van der Waals surface area (Å²) < 4.78 is 4.92. The average Bonchev–Trinajstić information content (AvgIpc) is 2.16. The van der Waals surface area contributed by atoms with E-state index in [2.05, 4.69) is 4.79 Å². The Kier molecular flexibility index (Phi) is 2.77. The van der Waals surface area contributed by atoms with Gasteiger partial charge in [0.25, 0.3) is 0 Å². The van der Waals surface area contributed by atoms with Crippen LogP contribution in [0.4, 0.5) is 0 Å². The largest absolute Gasteiger partial charge is 0.496 e. The molecular formula is C9H10N2O2. The Morgan fingerprint density at radius 3 is 2.85 bits per heavy atom. The predicted octanol–water partition coefficient (Wildman–Crippen LogP) is 0.963. The lowest BCUT2D eigenvalue weighted by molar-refractivity contribution is -0.118. The van der Waals surface area contributed by atoms with Crippen LogP contribution in [-0.2, 0) is 9.53 Å². The summed E-state index contributed by atoms with van der Waals surface area (Å²) in [6.45, 7) is 1.45. The van der Waals surface area contributed by atoms with Crippen LogP contribution < -0.4 is 0 Å². The van der Waals surface area contributed by atoms with E-state index in [0.717, 1.165) is 0 Å². The quantitative estimate of drug-likeness (QED) is 0.467. The lowest BCUT2D eigenvalue weighted by Gasteiger charge is -2.08. The van der Waals surface area contributed by atoms with Gasteiger partial charge in [-0.25, -0.2) is 0 Å². The molecule has 0 heterocycles. The Hall–Kier alpha value is -1.67. The first-order valence-corrected chi connectivity index (χ1v) is 3.85. The summed E-state index contributed by atoms with van der Waals surface area (Å²) in [6.07, 6.45) is 4.86. The molecule has 0 aromatic carbocycles. The molecule has 68 valence electrons. The molecule has 0 amide bonds. The van der Waals surface area contributed by atoms with Crippen molar-refractivity contribution in [1.82, 2.24) is 0 Å². The molecule has 13 heavy (non-hydrogen) atoms. The van der Waals surface area contributed by atoms with Gasteiger partial charge in [-0.15, -0.1) is 0 Å². The third-order valence-electron chi connectivity index (χ3n) is 1.85. The molecule has 1 aliphatic rings. The normalized spacial score (nSPS) is 20.6. The summed E-state index contributed by atoms with van der Waals surface area (Å²) in [5.41, 5.74) is 8.94. The Bertz CT molecular complexity index is 336. The zero-order valence-corrected chi connectivity index (χ0v) is 7.52. The Morgan fingerprint density at radius 2 is 2.38 bits per heavy atom. The number of carbonyl (C=O) groups is 1. The van der Waals surface area contributed by atoms with Gasteiger partial charge in [-0.1, -0.05) is 6.08 Å². The zero-order chi connectivity index (χ0) is 9.84. The van der Waals surface area contributed by atoms with Crippen molar-refractivity contribution in [1.29, 1.82) is 0 Å². The number of nitrogens with zero attached hydrogens (tertiary/aromatic N) is 2. The van der Waals surface area contributed by atoms with Gasteiger partial charge in [-0.05, 0) is 13.0 Å². The van der Waals surface area contributed by atoms with Crippen LogP contribution in [0.1, 0.15) is 6.92 Å². The van der Waals surface area contributed by atoms with Crippen LogP contribution in [0, 0.1) is 5.92 Å². The van der Waals surface area contributed by atoms with Gasteiger partial charge in [0.05, 0.1) is 13.2 Å². The second kappa shape index (κ2) is 3.83. The third kappa shape index (κ3) is 1.92. The van der Waals surface area contributed by atoms with Gasteiger partial charge >= 0.3 is 5.71 Å². The summed E-state index contributed by atoms with van der Waals surface area (Å²) in [6, 6.07) is 0. The Morgan fingerprint density at radius 1 is 1.69 bits per heavy atom. The van der Waals surface area contributed by atoms with E-state index in [1.807, 2.05) is 0 Å². The number of rotatable bonds is 2. The lowest BCUT2D eigenvalue weighted by atomic mass is 9.94. The van der Waals surface area contributed by atoms with Crippen LogP contribution in [0.25, 0.3) is 5.53 Å². The van der Waals surface area contributed by atoms with E-state index in [4.69, 9.17) is 10.3 Å². The van der Waals surface area contributed by atoms with E-state index < -0.39 is 5.92 Å². The standard InChI is InChI=1S/C9H10N2O2/c1-6(12)8-4-3-7(13-2)5-9(8)11-10/h3-5,8H,1-2H3. The molecule has 4 nitrogen and oxygen atoms in total. The van der Waals surface area contributed by atoms with Crippen LogP contribution in [0.15, 0.2) is 24.0 Å². The smallest absolute Gasteiger partial charge is 0.309 e. The van der Waals surface area contributed by atoms with Crippen LogP contribution in [0.3, 0.4) is 0 Å². The van der Waals surface area contributed by atoms with Gasteiger partial charge in [0.1, 0.15) is 17.5 Å². The molecule has 1 rings (SSSR count). The molecule has 4 heteroatoms. The van der Waals surface area contributed by atoms with Crippen LogP contribution >= 0.6 is 0 Å². The molecule has 0 saturated heterocycles. The van der Waals surface area contributed by atoms with Crippen molar-refractivity contribution in [3.8, 4) is 0 Å². The molecule has 0 aliphatic heterocycles. The van der Waals surface area contributed by atoms with Crippen molar-refractivity contribution in [2.75, 3.05) is 7.11 Å². The molecule has 0 N–H and O–H groups in total. The van der Waals surface area contributed by atoms with Gasteiger partial charge in [-0.3, -0.25) is 4.79 Å². The monoisotopic (exact) mass is 178 g/mol. The predicted molar refractivity (Wildman–Crippen MR) is 47.0 cm³/mol. The fraction of sp³-hybridized carbons (Fsp3) is 0.333. The number of methoxy groups -OCH3 is 1. The number of Topliss-reactive ketones (excluding diaryl/α,β-unsaturated/α-hetero) is 1. The summed E-state index contributed by atoms with van der Waals surface area (Å²) in [5, 5.41) is 0. The third-order valence-corrected chi connectivity index (χ3v) is 1.85. The first-order valence-electron chi connectivity index (χ1n) is 3.85. The fourth-order valence-corrected chi connectivity index (χ4v) is 1.14. The average molecular weight is 178 g/mol. The molecule has 0 fully saturated rings. The number of allylic oxidation sites excluding steroid dienone is 3. The Balaban J connectivity index is 3.00. The van der Waals surface area contributed by atoms with Crippen molar-refractivity contribution in [2.45, 2.75) is 6.92 Å². The van der Waals surface area contributed by atoms with Gasteiger partial charge in [0, 0.05) is 0 Å². The summed E-state index contributed by atoms with van der Waals surface area (Å²) in [5.74, 6) is 0.0599. The molecule has 1 unspecified atom stereocenters. The van der Waals surface area contributed by atoms with E-state index in [1.165, 1.54) is 20.1 Å². The minimum atomic E-state index is -0.455. The van der Waals surface area contributed by atoms with Gasteiger partial charge in [0.2, 0.25) is 0 Å². The van der Waals surface area contributed by atoms with E-state index in [1.54, 1.807) is 12.2 Å². The second-order valence-corrected chi connectivity index (χ2v) is 2.72. The second-order valence-electron chi connectivity index (χ2n) is 2.72.